The highest BCUT2D eigenvalue weighted by Crippen LogP contribution is 2.64. The summed E-state index contributed by atoms with van der Waals surface area (Å²) < 4.78 is 0. The third-order valence-electron chi connectivity index (χ3n) is 8.80. The molecule has 1 aliphatic heterocycles. The molecule has 28 heavy (non-hydrogen) atoms. The number of fused-ring (bicyclic) bond motifs is 5. The molecule has 4 heteroatoms. The van der Waals surface area contributed by atoms with Crippen LogP contribution in [0.1, 0.15) is 73.1 Å². The predicted molar refractivity (Wildman–Crippen MR) is 111 cm³/mol. The first kappa shape index (κ1) is 20.0. The molecule has 3 fully saturated rings. The van der Waals surface area contributed by atoms with Crippen molar-refractivity contribution in [3.8, 4) is 0 Å². The summed E-state index contributed by atoms with van der Waals surface area (Å²) in [6.07, 6.45) is 10.7. The van der Waals surface area contributed by atoms with Crippen molar-refractivity contribution >= 4 is 11.8 Å². The number of nitrogens with one attached hydrogen (secondary N) is 2. The van der Waals surface area contributed by atoms with Crippen molar-refractivity contribution in [1.29, 1.82) is 0 Å². The van der Waals surface area contributed by atoms with Crippen LogP contribution in [0, 0.1) is 39.9 Å². The van der Waals surface area contributed by atoms with Gasteiger partial charge in [-0.2, -0.15) is 0 Å². The summed E-state index contributed by atoms with van der Waals surface area (Å²) in [4.78, 5) is 24.9. The molecule has 4 nitrogen and oxygen atoms in total. The summed E-state index contributed by atoms with van der Waals surface area (Å²) in [6.45, 7) is 12.0. The van der Waals surface area contributed by atoms with Gasteiger partial charge in [-0.25, -0.2) is 0 Å². The van der Waals surface area contributed by atoms with E-state index in [2.05, 4.69) is 51.3 Å². The van der Waals surface area contributed by atoms with Crippen LogP contribution in [0.2, 0.25) is 0 Å². The second-order valence-corrected chi connectivity index (χ2v) is 11.7. The van der Waals surface area contributed by atoms with Crippen molar-refractivity contribution in [2.75, 3.05) is 6.54 Å². The molecule has 0 saturated heterocycles. The van der Waals surface area contributed by atoms with Crippen LogP contribution in [0.5, 0.6) is 0 Å². The molecule has 2 amide bonds. The Bertz CT molecular complexity index is 693. The molecule has 4 rings (SSSR count). The SMILES string of the molecule is CC(C)(C)CNC(=O)[C@H]1CC[C@H]2[C@@H]3CC[C@H]4NC(=O)C=C[C@]4(C)[C@H]3CC[C@]12C. The second-order valence-electron chi connectivity index (χ2n) is 11.7. The highest BCUT2D eigenvalue weighted by Gasteiger charge is 2.60. The zero-order valence-electron chi connectivity index (χ0n) is 18.3. The van der Waals surface area contributed by atoms with Gasteiger partial charge >= 0.3 is 0 Å². The van der Waals surface area contributed by atoms with Crippen LogP contribution in [0.15, 0.2) is 12.2 Å². The van der Waals surface area contributed by atoms with E-state index in [9.17, 15) is 9.59 Å². The molecule has 2 N–H and O–H groups in total. The van der Waals surface area contributed by atoms with Crippen LogP contribution >= 0.6 is 0 Å². The van der Waals surface area contributed by atoms with Gasteiger partial charge in [0, 0.05) is 23.9 Å². The number of amides is 2. The van der Waals surface area contributed by atoms with E-state index < -0.39 is 0 Å². The molecule has 0 aromatic rings. The predicted octanol–water partition coefficient (Wildman–Crippen LogP) is 4.06. The van der Waals surface area contributed by atoms with E-state index in [-0.39, 0.29) is 40.0 Å². The number of rotatable bonds is 2. The van der Waals surface area contributed by atoms with Gasteiger partial charge in [-0.15, -0.1) is 0 Å². The number of hydrogen-bond acceptors (Lipinski definition) is 2. The summed E-state index contributed by atoms with van der Waals surface area (Å²) in [5, 5.41) is 6.48. The Kier molecular flexibility index (Phi) is 4.71. The molecule has 0 aromatic heterocycles. The molecular weight excluding hydrogens is 348 g/mol. The Balaban J connectivity index is 1.53. The molecule has 3 aliphatic carbocycles. The maximum atomic E-state index is 13.1. The lowest BCUT2D eigenvalue weighted by molar-refractivity contribution is -0.134. The van der Waals surface area contributed by atoms with E-state index in [1.165, 1.54) is 19.3 Å². The fourth-order valence-electron chi connectivity index (χ4n) is 7.24. The lowest BCUT2D eigenvalue weighted by Crippen LogP contribution is -2.59. The zero-order chi connectivity index (χ0) is 20.3. The first-order valence-electron chi connectivity index (χ1n) is 11.3. The first-order chi connectivity index (χ1) is 13.0. The molecule has 156 valence electrons. The summed E-state index contributed by atoms with van der Waals surface area (Å²) in [6, 6.07) is 0.280. The minimum Gasteiger partial charge on any atom is -0.355 e. The Morgan fingerprint density at radius 1 is 1.14 bits per heavy atom. The molecule has 4 aliphatic rings. The highest BCUT2D eigenvalue weighted by atomic mass is 16.2. The summed E-state index contributed by atoms with van der Waals surface area (Å²) in [5.41, 5.74) is 0.329. The fraction of sp³-hybridized carbons (Fsp3) is 0.833. The van der Waals surface area contributed by atoms with E-state index in [0.717, 1.165) is 25.8 Å². The third-order valence-corrected chi connectivity index (χ3v) is 8.80. The van der Waals surface area contributed by atoms with E-state index >= 15 is 0 Å². The fourth-order valence-corrected chi connectivity index (χ4v) is 7.24. The lowest BCUT2D eigenvalue weighted by Gasteiger charge is -2.58. The molecule has 0 spiro atoms. The average molecular weight is 387 g/mol. The zero-order valence-corrected chi connectivity index (χ0v) is 18.3. The Labute approximate surface area is 170 Å². The third kappa shape index (κ3) is 3.11. The summed E-state index contributed by atoms with van der Waals surface area (Å²) in [7, 11) is 0. The monoisotopic (exact) mass is 386 g/mol. The standard InChI is InChI=1S/C24H38N2O2/c1-22(2,3)14-25-21(28)18-8-7-16-15-6-9-19-24(5,13-11-20(27)26-19)17(15)10-12-23(16,18)4/h11,13,15-19H,6-10,12,14H2,1-5H3,(H,25,28)(H,26,27)/t15-,16-,17-,18+,19+,23-,24+/m0/s1. The number of carbonyl (C=O) groups is 2. The minimum atomic E-state index is 0.0676. The van der Waals surface area contributed by atoms with Crippen molar-refractivity contribution < 1.29 is 9.59 Å². The van der Waals surface area contributed by atoms with Gasteiger partial charge in [0.05, 0.1) is 0 Å². The van der Waals surface area contributed by atoms with Crippen molar-refractivity contribution in [2.45, 2.75) is 79.2 Å². The first-order valence-corrected chi connectivity index (χ1v) is 11.3. The molecule has 0 bridgehead atoms. The van der Waals surface area contributed by atoms with Crippen molar-refractivity contribution in [3.05, 3.63) is 12.2 Å². The van der Waals surface area contributed by atoms with Crippen LogP contribution in [0.3, 0.4) is 0 Å². The molecule has 3 saturated carbocycles. The van der Waals surface area contributed by atoms with Crippen LogP contribution in [-0.4, -0.2) is 24.4 Å². The number of carbonyl (C=O) groups excluding carboxylic acids is 2. The van der Waals surface area contributed by atoms with Crippen molar-refractivity contribution in [3.63, 3.8) is 0 Å². The lowest BCUT2D eigenvalue weighted by atomic mass is 9.48. The van der Waals surface area contributed by atoms with E-state index in [4.69, 9.17) is 0 Å². The van der Waals surface area contributed by atoms with E-state index in [1.54, 1.807) is 6.08 Å². The quantitative estimate of drug-likeness (QED) is 0.752. The minimum absolute atomic E-state index is 0.0676. The summed E-state index contributed by atoms with van der Waals surface area (Å²) in [5.74, 6) is 2.45. The maximum Gasteiger partial charge on any atom is 0.243 e. The second kappa shape index (κ2) is 6.60. The smallest absolute Gasteiger partial charge is 0.243 e. The van der Waals surface area contributed by atoms with Gasteiger partial charge in [0.1, 0.15) is 0 Å². The molecule has 0 radical (unpaired) electrons. The van der Waals surface area contributed by atoms with Gasteiger partial charge in [-0.1, -0.05) is 40.7 Å². The largest absolute Gasteiger partial charge is 0.355 e. The Morgan fingerprint density at radius 3 is 2.61 bits per heavy atom. The van der Waals surface area contributed by atoms with Gasteiger partial charge in [0.15, 0.2) is 0 Å². The van der Waals surface area contributed by atoms with Gasteiger partial charge in [0.2, 0.25) is 11.8 Å². The molecular formula is C24H38N2O2. The van der Waals surface area contributed by atoms with Crippen molar-refractivity contribution in [1.82, 2.24) is 10.6 Å². The van der Waals surface area contributed by atoms with E-state index in [0.29, 0.717) is 17.8 Å². The average Bonchev–Trinajstić information content (AvgIpc) is 2.97. The number of hydrogen-bond donors (Lipinski definition) is 2. The highest BCUT2D eigenvalue weighted by molar-refractivity contribution is 5.89. The molecule has 0 aromatic carbocycles. The van der Waals surface area contributed by atoms with Crippen LogP contribution in [-0.2, 0) is 9.59 Å². The van der Waals surface area contributed by atoms with Crippen LogP contribution < -0.4 is 10.6 Å². The maximum absolute atomic E-state index is 13.1. The van der Waals surface area contributed by atoms with E-state index in [1.807, 2.05) is 0 Å². The normalized spacial score (nSPS) is 44.9. The van der Waals surface area contributed by atoms with Gasteiger partial charge in [-0.05, 0) is 73.2 Å². The van der Waals surface area contributed by atoms with Gasteiger partial charge < -0.3 is 10.6 Å². The summed E-state index contributed by atoms with van der Waals surface area (Å²) >= 11 is 0. The molecule has 0 unspecified atom stereocenters. The van der Waals surface area contributed by atoms with Crippen LogP contribution in [0.25, 0.3) is 0 Å². The topological polar surface area (TPSA) is 58.2 Å². The van der Waals surface area contributed by atoms with Gasteiger partial charge in [-0.3, -0.25) is 9.59 Å². The Hall–Kier alpha value is -1.32. The van der Waals surface area contributed by atoms with Crippen LogP contribution in [0.4, 0.5) is 0 Å². The molecule has 7 atom stereocenters. The van der Waals surface area contributed by atoms with Gasteiger partial charge in [0.25, 0.3) is 0 Å². The molecule has 1 heterocycles. The van der Waals surface area contributed by atoms with Crippen molar-refractivity contribution in [2.24, 2.45) is 39.9 Å². The Morgan fingerprint density at radius 2 is 1.89 bits per heavy atom.